The summed E-state index contributed by atoms with van der Waals surface area (Å²) in [4.78, 5) is 7.20. The molecule has 2 nitrogen and oxygen atoms in total. The Kier molecular flexibility index (Phi) is 5.32. The van der Waals surface area contributed by atoms with Crippen molar-refractivity contribution in [1.82, 2.24) is 0 Å². The minimum atomic E-state index is -8.06. The summed E-state index contributed by atoms with van der Waals surface area (Å²) in [5.41, 5.74) is -40.7. The minimum absolute atomic E-state index is 0.352. The van der Waals surface area contributed by atoms with Crippen LogP contribution in [0.4, 0.5) is 70.2 Å². The van der Waals surface area contributed by atoms with Gasteiger partial charge in [-0.15, -0.1) is 0 Å². The van der Waals surface area contributed by atoms with Crippen molar-refractivity contribution in [2.24, 2.45) is 10.8 Å². The Bertz CT molecular complexity index is 910. The van der Waals surface area contributed by atoms with Crippen LogP contribution in [0.2, 0.25) is 0 Å². The van der Waals surface area contributed by atoms with Crippen molar-refractivity contribution in [2.45, 2.75) is 47.4 Å². The molecule has 0 N–H and O–H groups in total. The molecule has 0 radical (unpaired) electrons. The molecule has 0 aromatic carbocycles. The lowest BCUT2D eigenvalue weighted by Crippen LogP contribution is -2.83. The third-order valence-electron chi connectivity index (χ3n) is 6.18. The zero-order chi connectivity index (χ0) is 28.3. The molecule has 0 heterocycles. The molecule has 5 unspecified atom stereocenters. The first-order valence-electron chi connectivity index (χ1n) is 8.75. The zero-order valence-corrected chi connectivity index (χ0v) is 15.9. The fourth-order valence-corrected chi connectivity index (χ4v) is 5.11. The Morgan fingerprint density at radius 1 is 0.824 bits per heavy atom. The van der Waals surface area contributed by atoms with Gasteiger partial charge in [0.05, 0.1) is 8.48 Å². The van der Waals surface area contributed by atoms with E-state index in [9.17, 15) is 39.5 Å². The number of alkyl halides is 16. The SMILES string of the molecule is [3H]C(OOC)C(=C)C1(F)C(F)(F)C2(F)C(F)(F)C1(C(F)(F)F)C(F)(C=C)C2(C(F)(F)F)C(F)(F)F. The summed E-state index contributed by atoms with van der Waals surface area (Å²) in [5, 5.41) is 0. The number of hydrogen-bond acceptors (Lipinski definition) is 2. The Hall–Kier alpha value is -1.72. The van der Waals surface area contributed by atoms with E-state index in [1.54, 1.807) is 0 Å². The van der Waals surface area contributed by atoms with E-state index in [0.29, 0.717) is 7.11 Å². The molecular formula is C16H10F16O2. The molecule has 18 heteroatoms. The van der Waals surface area contributed by atoms with Crippen LogP contribution in [-0.4, -0.2) is 61.1 Å². The minimum Gasteiger partial charge on any atom is -0.240 e. The molecule has 198 valence electrons. The summed E-state index contributed by atoms with van der Waals surface area (Å²) in [7, 11) is 0.352. The van der Waals surface area contributed by atoms with Gasteiger partial charge in [-0.05, 0) is 5.57 Å². The first kappa shape index (κ1) is 26.9. The van der Waals surface area contributed by atoms with Gasteiger partial charge < -0.3 is 0 Å². The molecule has 5 atom stereocenters. The molecule has 2 bridgehead atoms. The Morgan fingerprint density at radius 3 is 1.53 bits per heavy atom. The second-order valence-corrected chi connectivity index (χ2v) is 7.28. The predicted octanol–water partition coefficient (Wildman–Crippen LogP) is 6.39. The van der Waals surface area contributed by atoms with Gasteiger partial charge in [-0.2, -0.15) is 48.3 Å². The summed E-state index contributed by atoms with van der Waals surface area (Å²) in [6.07, 6.45) is -25.8. The normalized spacial score (nSPS) is 40.1. The maximum Gasteiger partial charge on any atom is 0.410 e. The Labute approximate surface area is 179 Å². The topological polar surface area (TPSA) is 18.5 Å². The molecule has 2 saturated carbocycles. The smallest absolute Gasteiger partial charge is 0.240 e. The molecule has 0 saturated heterocycles. The molecule has 0 spiro atoms. The van der Waals surface area contributed by atoms with E-state index in [2.05, 4.69) is 16.4 Å². The summed E-state index contributed by atoms with van der Waals surface area (Å²) in [6, 6.07) is 0. The second-order valence-electron chi connectivity index (χ2n) is 7.28. The van der Waals surface area contributed by atoms with Crippen LogP contribution >= 0.6 is 0 Å². The molecule has 2 rings (SSSR count). The largest absolute Gasteiger partial charge is 0.410 e. The van der Waals surface area contributed by atoms with Crippen molar-refractivity contribution in [3.05, 3.63) is 24.8 Å². The maximum atomic E-state index is 15.9. The monoisotopic (exact) mass is 540 g/mol. The lowest BCUT2D eigenvalue weighted by molar-refractivity contribution is -0.455. The van der Waals surface area contributed by atoms with Crippen LogP contribution < -0.4 is 0 Å². The highest BCUT2D eigenvalue weighted by Crippen LogP contribution is 2.93. The van der Waals surface area contributed by atoms with Gasteiger partial charge >= 0.3 is 30.4 Å². The maximum absolute atomic E-state index is 15.9. The van der Waals surface area contributed by atoms with Gasteiger partial charge in [0.15, 0.2) is 5.67 Å². The van der Waals surface area contributed by atoms with Gasteiger partial charge in [0.25, 0.3) is 5.67 Å². The zero-order valence-electron chi connectivity index (χ0n) is 16.9. The molecule has 0 amide bonds. The van der Waals surface area contributed by atoms with Crippen LogP contribution in [0.3, 0.4) is 0 Å². The third kappa shape index (κ3) is 2.13. The molecule has 34 heavy (non-hydrogen) atoms. The van der Waals surface area contributed by atoms with E-state index < -0.39 is 76.4 Å². The number of rotatable bonds is 5. The number of halogens is 16. The van der Waals surface area contributed by atoms with E-state index in [-0.39, 0.29) is 0 Å². The van der Waals surface area contributed by atoms with E-state index in [1.807, 2.05) is 6.58 Å². The van der Waals surface area contributed by atoms with Gasteiger partial charge in [0, 0.05) is 0 Å². The second kappa shape index (κ2) is 6.73. The highest BCUT2D eigenvalue weighted by Gasteiger charge is 3.21. The summed E-state index contributed by atoms with van der Waals surface area (Å²) >= 11 is 0. The first-order chi connectivity index (χ1) is 15.2. The van der Waals surface area contributed by atoms with E-state index in [4.69, 9.17) is 1.37 Å². The fourth-order valence-electron chi connectivity index (χ4n) is 5.11. The van der Waals surface area contributed by atoms with Crippen molar-refractivity contribution < 1.29 is 81.4 Å². The number of allylic oxidation sites excluding steroid dienone is 1. The van der Waals surface area contributed by atoms with Crippen LogP contribution in [0.5, 0.6) is 0 Å². The van der Waals surface area contributed by atoms with Gasteiger partial charge in [-0.25, -0.2) is 31.7 Å². The van der Waals surface area contributed by atoms with E-state index in [1.165, 1.54) is 0 Å². The van der Waals surface area contributed by atoms with Crippen molar-refractivity contribution in [3.63, 3.8) is 0 Å². The van der Waals surface area contributed by atoms with Crippen LogP contribution in [0.25, 0.3) is 0 Å². The highest BCUT2D eigenvalue weighted by molar-refractivity contribution is 5.57. The fraction of sp³-hybridized carbons (Fsp3) is 0.750. The number of hydrogen-bond donors (Lipinski definition) is 0. The van der Waals surface area contributed by atoms with Crippen molar-refractivity contribution in [1.29, 1.82) is 0 Å². The third-order valence-corrected chi connectivity index (χ3v) is 6.18. The van der Waals surface area contributed by atoms with E-state index in [0.717, 1.165) is 0 Å². The van der Waals surface area contributed by atoms with Crippen LogP contribution in [0.1, 0.15) is 1.37 Å². The lowest BCUT2D eigenvalue weighted by Gasteiger charge is -2.58. The molecule has 2 aliphatic carbocycles. The van der Waals surface area contributed by atoms with E-state index >= 15 is 30.7 Å². The lowest BCUT2D eigenvalue weighted by atomic mass is 9.50. The van der Waals surface area contributed by atoms with Crippen LogP contribution in [0.15, 0.2) is 24.8 Å². The quantitative estimate of drug-likeness (QED) is 0.174. The summed E-state index contributed by atoms with van der Waals surface area (Å²) in [6.45, 7) is 0.342. The van der Waals surface area contributed by atoms with Crippen molar-refractivity contribution >= 4 is 0 Å². The van der Waals surface area contributed by atoms with Gasteiger partial charge in [-0.3, -0.25) is 0 Å². The van der Waals surface area contributed by atoms with Crippen molar-refractivity contribution in [2.75, 3.05) is 13.7 Å². The van der Waals surface area contributed by atoms with Gasteiger partial charge in [0.1, 0.15) is 6.58 Å². The standard InChI is InChI=1S/C16H10F16O2/c1-4-7(17)9(14(24,25)26)8(18,6(2)5-34-33-3)12(20,21)11(19,13(9,22)23)10(7,15(27,28)29)16(30,31)32/h4H,1-2,5H2,3H3/i5T. The van der Waals surface area contributed by atoms with Crippen LogP contribution in [0, 0.1) is 10.8 Å². The first-order valence-corrected chi connectivity index (χ1v) is 8.17. The molecule has 0 aromatic rings. The highest BCUT2D eigenvalue weighted by atomic mass is 19.4. The molecule has 2 aliphatic rings. The number of fused-ring (bicyclic) bond motifs is 2. The molecule has 0 aliphatic heterocycles. The summed E-state index contributed by atoms with van der Waals surface area (Å²) < 4.78 is 240. The summed E-state index contributed by atoms with van der Waals surface area (Å²) in [5.74, 6) is -15.6. The Balaban J connectivity index is 3.45. The van der Waals surface area contributed by atoms with Crippen LogP contribution in [-0.2, 0) is 9.78 Å². The van der Waals surface area contributed by atoms with Gasteiger partial charge in [0.2, 0.25) is 16.5 Å². The average Bonchev–Trinajstić information content (AvgIpc) is 2.81. The van der Waals surface area contributed by atoms with Crippen molar-refractivity contribution in [3.8, 4) is 0 Å². The molecule has 2 fully saturated rings. The predicted molar refractivity (Wildman–Crippen MR) is 76.7 cm³/mol. The molecule has 0 aromatic heterocycles. The Morgan fingerprint density at radius 2 is 1.24 bits per heavy atom. The van der Waals surface area contributed by atoms with Gasteiger partial charge in [-0.1, -0.05) is 19.2 Å². The molecular weight excluding hydrogens is 528 g/mol. The average molecular weight is 540 g/mol.